The van der Waals surface area contributed by atoms with Gasteiger partial charge in [-0.1, -0.05) is 6.08 Å². The molecule has 0 N–H and O–H groups in total. The lowest BCUT2D eigenvalue weighted by molar-refractivity contribution is -0.114. The van der Waals surface area contributed by atoms with Crippen LogP contribution in [0, 0.1) is 0 Å². The molecule has 0 aromatic carbocycles. The first-order chi connectivity index (χ1) is 5.22. The molecule has 0 saturated carbocycles. The van der Waals surface area contributed by atoms with Gasteiger partial charge in [0.1, 0.15) is 0 Å². The molecule has 1 aliphatic rings. The van der Waals surface area contributed by atoms with E-state index in [1.165, 1.54) is 12.8 Å². The van der Waals surface area contributed by atoms with E-state index in [0.29, 0.717) is 0 Å². The third-order valence-corrected chi connectivity index (χ3v) is 2.06. The van der Waals surface area contributed by atoms with Gasteiger partial charge in [0.05, 0.1) is 5.70 Å². The molecule has 0 radical (unpaired) electrons. The summed E-state index contributed by atoms with van der Waals surface area (Å²) < 4.78 is 0. The molecule has 1 aliphatic heterocycles. The highest BCUT2D eigenvalue weighted by Gasteiger charge is 2.10. The van der Waals surface area contributed by atoms with Crippen molar-refractivity contribution < 1.29 is 4.79 Å². The van der Waals surface area contributed by atoms with Gasteiger partial charge in [0, 0.05) is 20.5 Å². The van der Waals surface area contributed by atoms with Gasteiger partial charge in [-0.2, -0.15) is 0 Å². The summed E-state index contributed by atoms with van der Waals surface area (Å²) in [4.78, 5) is 13.1. The summed E-state index contributed by atoms with van der Waals surface area (Å²) in [5, 5.41) is 0. The first kappa shape index (κ1) is 8.31. The van der Waals surface area contributed by atoms with E-state index < -0.39 is 0 Å². The van der Waals surface area contributed by atoms with Gasteiger partial charge in [0.25, 0.3) is 0 Å². The van der Waals surface area contributed by atoms with Gasteiger partial charge in [-0.25, -0.2) is 0 Å². The van der Waals surface area contributed by atoms with E-state index in [1.54, 1.807) is 6.92 Å². The van der Waals surface area contributed by atoms with E-state index in [-0.39, 0.29) is 5.78 Å². The highest BCUT2D eigenvalue weighted by atomic mass is 16.1. The minimum Gasteiger partial charge on any atom is -0.372 e. The average molecular weight is 153 g/mol. The maximum atomic E-state index is 11.1. The van der Waals surface area contributed by atoms with Crippen LogP contribution in [0.5, 0.6) is 0 Å². The fourth-order valence-electron chi connectivity index (χ4n) is 1.42. The largest absolute Gasteiger partial charge is 0.372 e. The molecule has 0 aromatic rings. The van der Waals surface area contributed by atoms with Crippen LogP contribution in [0.2, 0.25) is 0 Å². The van der Waals surface area contributed by atoms with Crippen LogP contribution in [0.4, 0.5) is 0 Å². The molecule has 0 spiro atoms. The second kappa shape index (κ2) is 3.56. The zero-order valence-corrected chi connectivity index (χ0v) is 7.26. The molecule has 0 atom stereocenters. The summed E-state index contributed by atoms with van der Waals surface area (Å²) in [7, 11) is 1.98. The third kappa shape index (κ3) is 2.07. The number of rotatable bonds is 1. The van der Waals surface area contributed by atoms with Crippen molar-refractivity contribution in [1.82, 2.24) is 4.90 Å². The monoisotopic (exact) mass is 153 g/mol. The molecule has 0 bridgehead atoms. The molecule has 1 heterocycles. The average Bonchev–Trinajstić information content (AvgIpc) is 2.13. The number of carbonyl (C=O) groups is 1. The molecule has 1 rings (SSSR count). The van der Waals surface area contributed by atoms with Crippen LogP contribution < -0.4 is 0 Å². The Morgan fingerprint density at radius 1 is 1.55 bits per heavy atom. The predicted octanol–water partition coefficient (Wildman–Crippen LogP) is 1.57. The highest BCUT2D eigenvalue weighted by Crippen LogP contribution is 2.12. The van der Waals surface area contributed by atoms with Crippen LogP contribution in [0.25, 0.3) is 0 Å². The van der Waals surface area contributed by atoms with Crippen LogP contribution in [0.1, 0.15) is 26.2 Å². The fourth-order valence-corrected chi connectivity index (χ4v) is 1.42. The van der Waals surface area contributed by atoms with Gasteiger partial charge in [-0.15, -0.1) is 0 Å². The van der Waals surface area contributed by atoms with Crippen molar-refractivity contribution in [2.45, 2.75) is 26.2 Å². The van der Waals surface area contributed by atoms with Crippen molar-refractivity contribution in [1.29, 1.82) is 0 Å². The maximum absolute atomic E-state index is 11.1. The third-order valence-electron chi connectivity index (χ3n) is 2.06. The quantitative estimate of drug-likeness (QED) is 0.570. The fraction of sp³-hybridized carbons (Fsp3) is 0.667. The first-order valence-electron chi connectivity index (χ1n) is 4.14. The minimum absolute atomic E-state index is 0.189. The van der Waals surface area contributed by atoms with E-state index in [1.807, 2.05) is 7.05 Å². The highest BCUT2D eigenvalue weighted by molar-refractivity contribution is 5.92. The summed E-state index contributed by atoms with van der Waals surface area (Å²) in [5.41, 5.74) is 0.891. The van der Waals surface area contributed by atoms with E-state index in [9.17, 15) is 4.79 Å². The standard InChI is InChI=1S/C9H15NO/c1-8(11)9-6-4-3-5-7-10(9)2/h6H,3-5,7H2,1-2H3. The number of carbonyl (C=O) groups excluding carboxylic acids is 1. The Bertz CT molecular complexity index is 184. The summed E-state index contributed by atoms with van der Waals surface area (Å²) >= 11 is 0. The van der Waals surface area contributed by atoms with Gasteiger partial charge in [-0.3, -0.25) is 4.79 Å². The van der Waals surface area contributed by atoms with Crippen molar-refractivity contribution in [3.05, 3.63) is 11.8 Å². The number of ketones is 1. The van der Waals surface area contributed by atoms with Crippen molar-refractivity contribution in [2.24, 2.45) is 0 Å². The normalized spacial score (nSPS) is 19.1. The number of Topliss-reactive ketones (excluding diaryl/α,β-unsaturated/α-hetero) is 1. The Morgan fingerprint density at radius 3 is 2.91 bits per heavy atom. The lowest BCUT2D eigenvalue weighted by Gasteiger charge is -2.17. The number of nitrogens with zero attached hydrogens (tertiary/aromatic N) is 1. The minimum atomic E-state index is 0.189. The van der Waals surface area contributed by atoms with Crippen molar-refractivity contribution in [3.8, 4) is 0 Å². The molecule has 0 unspecified atom stereocenters. The maximum Gasteiger partial charge on any atom is 0.175 e. The summed E-state index contributed by atoms with van der Waals surface area (Å²) in [6.45, 7) is 2.65. The van der Waals surface area contributed by atoms with Crippen LogP contribution in [-0.4, -0.2) is 24.3 Å². The van der Waals surface area contributed by atoms with E-state index in [0.717, 1.165) is 18.7 Å². The van der Waals surface area contributed by atoms with Crippen molar-refractivity contribution >= 4 is 5.78 Å². The van der Waals surface area contributed by atoms with Gasteiger partial charge < -0.3 is 4.90 Å². The number of likely N-dealkylation sites (N-methyl/N-ethyl adjacent to an activating group) is 1. The Hall–Kier alpha value is -0.790. The van der Waals surface area contributed by atoms with E-state index in [2.05, 4.69) is 11.0 Å². The predicted molar refractivity (Wildman–Crippen MR) is 45.2 cm³/mol. The van der Waals surface area contributed by atoms with Gasteiger partial charge in [0.2, 0.25) is 0 Å². The van der Waals surface area contributed by atoms with Crippen LogP contribution in [0.15, 0.2) is 11.8 Å². The molecule has 0 amide bonds. The van der Waals surface area contributed by atoms with E-state index >= 15 is 0 Å². The Labute approximate surface area is 67.9 Å². The molecule has 0 aliphatic carbocycles. The molecule has 62 valence electrons. The lowest BCUT2D eigenvalue weighted by atomic mass is 10.2. The molecule has 0 fully saturated rings. The van der Waals surface area contributed by atoms with Crippen molar-refractivity contribution in [3.63, 3.8) is 0 Å². The second-order valence-corrected chi connectivity index (χ2v) is 3.06. The smallest absolute Gasteiger partial charge is 0.175 e. The zero-order valence-electron chi connectivity index (χ0n) is 7.26. The van der Waals surface area contributed by atoms with Crippen LogP contribution in [0.3, 0.4) is 0 Å². The number of allylic oxidation sites excluding steroid dienone is 2. The topological polar surface area (TPSA) is 20.3 Å². The van der Waals surface area contributed by atoms with Crippen LogP contribution >= 0.6 is 0 Å². The molecule has 2 heteroatoms. The molecule has 0 aromatic heterocycles. The van der Waals surface area contributed by atoms with Crippen molar-refractivity contribution in [2.75, 3.05) is 13.6 Å². The molecule has 11 heavy (non-hydrogen) atoms. The lowest BCUT2D eigenvalue weighted by Crippen LogP contribution is -2.21. The number of hydrogen-bond acceptors (Lipinski definition) is 2. The number of hydrogen-bond donors (Lipinski definition) is 0. The Balaban J connectivity index is 2.70. The molecular formula is C9H15NO. The first-order valence-corrected chi connectivity index (χ1v) is 4.14. The molecular weight excluding hydrogens is 138 g/mol. The molecule has 2 nitrogen and oxygen atoms in total. The van der Waals surface area contributed by atoms with Gasteiger partial charge in [0.15, 0.2) is 5.78 Å². The zero-order chi connectivity index (χ0) is 8.27. The van der Waals surface area contributed by atoms with Gasteiger partial charge in [-0.05, 0) is 19.3 Å². The Kier molecular flexibility index (Phi) is 2.69. The second-order valence-electron chi connectivity index (χ2n) is 3.06. The molecule has 0 saturated heterocycles. The summed E-state index contributed by atoms with van der Waals surface area (Å²) in [6, 6.07) is 0. The summed E-state index contributed by atoms with van der Waals surface area (Å²) in [5.74, 6) is 0.189. The SMILES string of the molecule is CC(=O)C1=CCCCCN1C. The van der Waals surface area contributed by atoms with Crippen LogP contribution in [-0.2, 0) is 4.79 Å². The van der Waals surface area contributed by atoms with Gasteiger partial charge >= 0.3 is 0 Å². The summed E-state index contributed by atoms with van der Waals surface area (Å²) in [6.07, 6.45) is 5.51. The Morgan fingerprint density at radius 2 is 2.27 bits per heavy atom. The van der Waals surface area contributed by atoms with E-state index in [4.69, 9.17) is 0 Å².